The molecule has 6 rings (SSSR count). The molecule has 212 valence electrons. The van der Waals surface area contributed by atoms with Gasteiger partial charge in [0.2, 0.25) is 5.91 Å². The number of rotatable bonds is 8. The number of piperidine rings is 1. The van der Waals surface area contributed by atoms with Crippen LogP contribution in [0.3, 0.4) is 0 Å². The Bertz CT molecular complexity index is 1440. The molecule has 0 radical (unpaired) electrons. The first-order chi connectivity index (χ1) is 20.0. The lowest BCUT2D eigenvalue weighted by Crippen LogP contribution is -2.44. The number of aliphatic imine (C=N–C) groups is 1. The number of anilines is 2. The third-order valence-electron chi connectivity index (χ3n) is 8.68. The van der Waals surface area contributed by atoms with Crippen molar-refractivity contribution in [3.8, 4) is 11.5 Å². The smallest absolute Gasteiger partial charge is 0.238 e. The zero-order valence-electron chi connectivity index (χ0n) is 23.7. The van der Waals surface area contributed by atoms with Crippen molar-refractivity contribution in [3.63, 3.8) is 0 Å². The molecule has 41 heavy (non-hydrogen) atoms. The molecule has 1 spiro atoms. The number of hydrogen-bond acceptors (Lipinski definition) is 5. The Morgan fingerprint density at radius 1 is 1.10 bits per heavy atom. The van der Waals surface area contributed by atoms with Crippen molar-refractivity contribution in [1.29, 1.82) is 5.41 Å². The van der Waals surface area contributed by atoms with Crippen LogP contribution in [0, 0.1) is 5.41 Å². The van der Waals surface area contributed by atoms with E-state index in [4.69, 9.17) is 14.9 Å². The van der Waals surface area contributed by atoms with Crippen molar-refractivity contribution in [2.45, 2.75) is 50.2 Å². The first kappa shape index (κ1) is 27.0. The van der Waals surface area contributed by atoms with Crippen LogP contribution in [0.2, 0.25) is 0 Å². The summed E-state index contributed by atoms with van der Waals surface area (Å²) in [7, 11) is 3.79. The van der Waals surface area contributed by atoms with E-state index in [0.717, 1.165) is 85.3 Å². The van der Waals surface area contributed by atoms with Crippen molar-refractivity contribution < 1.29 is 14.3 Å². The number of fused-ring (bicyclic) bond motifs is 2. The number of nitrogens with one attached hydrogen (secondary N) is 2. The van der Waals surface area contributed by atoms with E-state index in [1.165, 1.54) is 0 Å². The number of amidine groups is 1. The van der Waals surface area contributed by atoms with Crippen molar-refractivity contribution in [2.24, 2.45) is 4.99 Å². The minimum atomic E-state index is -0.550. The van der Waals surface area contributed by atoms with E-state index in [2.05, 4.69) is 28.3 Å². The van der Waals surface area contributed by atoms with E-state index in [1.807, 2.05) is 65.6 Å². The molecule has 2 fully saturated rings. The fourth-order valence-electron chi connectivity index (χ4n) is 6.21. The summed E-state index contributed by atoms with van der Waals surface area (Å²) < 4.78 is 12.1. The lowest BCUT2D eigenvalue weighted by atomic mass is 9.65. The Balaban J connectivity index is 1.45. The number of hydrogen-bond donors (Lipinski definition) is 2. The minimum Gasteiger partial charge on any atom is -0.497 e. The van der Waals surface area contributed by atoms with Gasteiger partial charge in [-0.05, 0) is 80.3 Å². The summed E-state index contributed by atoms with van der Waals surface area (Å²) >= 11 is 0. The molecule has 1 saturated heterocycles. The molecule has 0 unspecified atom stereocenters. The van der Waals surface area contributed by atoms with Crippen LogP contribution in [0.25, 0.3) is 0 Å². The molecule has 1 aliphatic carbocycles. The summed E-state index contributed by atoms with van der Waals surface area (Å²) in [6, 6.07) is 21.8. The van der Waals surface area contributed by atoms with Crippen molar-refractivity contribution >= 4 is 29.5 Å². The van der Waals surface area contributed by atoms with Crippen LogP contribution < -0.4 is 19.7 Å². The van der Waals surface area contributed by atoms with Gasteiger partial charge >= 0.3 is 0 Å². The molecular weight excluding hydrogens is 514 g/mol. The van der Waals surface area contributed by atoms with Crippen LogP contribution in [0.5, 0.6) is 11.5 Å². The molecule has 1 saturated carbocycles. The number of nitrogens with zero attached hydrogens (tertiary/aromatic N) is 3. The summed E-state index contributed by atoms with van der Waals surface area (Å²) in [6.45, 7) is 2.41. The van der Waals surface area contributed by atoms with Crippen LogP contribution in [0.1, 0.15) is 48.8 Å². The molecule has 0 atom stereocenters. The molecule has 8 nitrogen and oxygen atoms in total. The highest BCUT2D eigenvalue weighted by molar-refractivity contribution is 6.14. The van der Waals surface area contributed by atoms with Gasteiger partial charge in [-0.2, -0.15) is 0 Å². The van der Waals surface area contributed by atoms with Gasteiger partial charge in [0.05, 0.1) is 24.8 Å². The highest BCUT2D eigenvalue weighted by Crippen LogP contribution is 2.57. The maximum Gasteiger partial charge on any atom is 0.238 e. The Labute approximate surface area is 241 Å². The zero-order valence-corrected chi connectivity index (χ0v) is 23.7. The van der Waals surface area contributed by atoms with Gasteiger partial charge in [0, 0.05) is 24.3 Å². The number of carbonyl (C=O) groups is 1. The third-order valence-corrected chi connectivity index (χ3v) is 8.68. The molecule has 2 aliphatic heterocycles. The highest BCUT2D eigenvalue weighted by Gasteiger charge is 2.55. The van der Waals surface area contributed by atoms with Gasteiger partial charge in [-0.3, -0.25) is 10.2 Å². The molecule has 2 heterocycles. The molecule has 2 N–H and O–H groups in total. The average molecular weight is 552 g/mol. The van der Waals surface area contributed by atoms with Gasteiger partial charge in [-0.1, -0.05) is 36.8 Å². The number of ether oxygens (including phenoxy) is 2. The minimum absolute atomic E-state index is 0.0617. The van der Waals surface area contributed by atoms with Gasteiger partial charge in [-0.15, -0.1) is 0 Å². The average Bonchev–Trinajstić information content (AvgIpc) is 3.23. The molecule has 3 aliphatic rings. The maximum absolute atomic E-state index is 14.2. The van der Waals surface area contributed by atoms with Crippen LogP contribution >= 0.6 is 0 Å². The van der Waals surface area contributed by atoms with E-state index >= 15 is 0 Å². The molecule has 3 aromatic rings. The van der Waals surface area contributed by atoms with E-state index in [-0.39, 0.29) is 12.0 Å². The second-order valence-corrected chi connectivity index (χ2v) is 11.3. The monoisotopic (exact) mass is 551 g/mol. The largest absolute Gasteiger partial charge is 0.497 e. The quantitative estimate of drug-likeness (QED) is 0.281. The van der Waals surface area contributed by atoms with Gasteiger partial charge in [0.15, 0.2) is 0 Å². The summed E-state index contributed by atoms with van der Waals surface area (Å²) in [5.74, 6) is 2.20. The number of amides is 1. The molecule has 0 bridgehead atoms. The summed E-state index contributed by atoms with van der Waals surface area (Å²) in [5.41, 5.74) is 4.06. The summed E-state index contributed by atoms with van der Waals surface area (Å²) in [4.78, 5) is 22.9. The predicted molar refractivity (Wildman–Crippen MR) is 163 cm³/mol. The number of benzene rings is 3. The fraction of sp³-hybridized carbons (Fsp3) is 0.364. The Hall–Kier alpha value is -4.17. The van der Waals surface area contributed by atoms with Crippen molar-refractivity contribution in [2.75, 3.05) is 37.5 Å². The molecule has 8 heteroatoms. The first-order valence-corrected chi connectivity index (χ1v) is 14.4. The van der Waals surface area contributed by atoms with Gasteiger partial charge < -0.3 is 24.6 Å². The number of carbonyl (C=O) groups excluding carboxylic acids is 1. The Morgan fingerprint density at radius 2 is 1.83 bits per heavy atom. The standard InChI is InChI=1S/C33H37N5O3/c1-37-17-13-27(14-18-37)41-29-20-24(31(35-22-34)36-25-7-4-3-5-8-25)19-28-30(29)38(32(39)33(28)15-6-16-33)21-23-9-11-26(40-2)12-10-23/h3-5,7-12,19-20,22,27H,6,13-18,21H2,1-2H3,(H2,34,35,36). The van der Waals surface area contributed by atoms with Crippen LogP contribution in [0.15, 0.2) is 71.7 Å². The van der Waals surface area contributed by atoms with Crippen LogP contribution in [-0.4, -0.2) is 56.3 Å². The van der Waals surface area contributed by atoms with Crippen LogP contribution in [-0.2, 0) is 16.8 Å². The summed E-state index contributed by atoms with van der Waals surface area (Å²) in [5, 5.41) is 11.1. The number of likely N-dealkylation sites (tertiary alicyclic amines) is 1. The number of methoxy groups -OCH3 is 1. The lowest BCUT2D eigenvalue weighted by molar-refractivity contribution is -0.126. The summed E-state index contributed by atoms with van der Waals surface area (Å²) in [6.07, 6.45) is 5.62. The normalized spacial score (nSPS) is 18.6. The van der Waals surface area contributed by atoms with Gasteiger partial charge in [0.1, 0.15) is 29.8 Å². The Kier molecular flexibility index (Phi) is 7.49. The maximum atomic E-state index is 14.2. The molecule has 3 aromatic carbocycles. The van der Waals surface area contributed by atoms with Crippen LogP contribution in [0.4, 0.5) is 11.4 Å². The van der Waals surface area contributed by atoms with Gasteiger partial charge in [-0.25, -0.2) is 4.99 Å². The highest BCUT2D eigenvalue weighted by atomic mass is 16.5. The second-order valence-electron chi connectivity index (χ2n) is 11.3. The van der Waals surface area contributed by atoms with Crippen molar-refractivity contribution in [3.05, 3.63) is 83.4 Å². The third kappa shape index (κ3) is 5.20. The topological polar surface area (TPSA) is 90.2 Å². The number of para-hydroxylation sites is 1. The lowest BCUT2D eigenvalue weighted by Gasteiger charge is -2.37. The van der Waals surface area contributed by atoms with Gasteiger partial charge in [0.25, 0.3) is 0 Å². The molecule has 0 aromatic heterocycles. The van der Waals surface area contributed by atoms with E-state index < -0.39 is 5.41 Å². The predicted octanol–water partition coefficient (Wildman–Crippen LogP) is 5.60. The SMILES string of the molecule is COc1ccc(CN2C(=O)C3(CCC3)c3cc(/C(=N/C=N)Nc4ccccc4)cc(OC4CCN(C)CC4)c32)cc1. The van der Waals surface area contributed by atoms with E-state index in [9.17, 15) is 4.79 Å². The van der Waals surface area contributed by atoms with E-state index in [1.54, 1.807) is 7.11 Å². The van der Waals surface area contributed by atoms with Crippen molar-refractivity contribution in [1.82, 2.24) is 4.90 Å². The Morgan fingerprint density at radius 3 is 2.46 bits per heavy atom. The van der Waals surface area contributed by atoms with E-state index in [0.29, 0.717) is 18.1 Å². The molecule has 1 amide bonds. The molecular formula is C33H37N5O3. The second kappa shape index (κ2) is 11.4. The first-order valence-electron chi connectivity index (χ1n) is 14.4. The fourth-order valence-corrected chi connectivity index (χ4v) is 6.21. The zero-order chi connectivity index (χ0) is 28.4.